The molecule has 0 saturated carbocycles. The maximum atomic E-state index is 11.9. The Kier molecular flexibility index (Phi) is 2.84. The number of thiazole rings is 1. The van der Waals surface area contributed by atoms with Crippen LogP contribution in [0.5, 0.6) is 0 Å². The first-order valence-electron chi connectivity index (χ1n) is 2.75. The zero-order valence-electron chi connectivity index (χ0n) is 5.65. The van der Waals surface area contributed by atoms with E-state index in [1.165, 1.54) is 0 Å². The molecule has 0 N–H and O–H groups in total. The van der Waals surface area contributed by atoms with Crippen molar-refractivity contribution in [2.45, 2.75) is 6.18 Å². The second kappa shape index (κ2) is 3.43. The van der Waals surface area contributed by atoms with Gasteiger partial charge < -0.3 is 0 Å². The summed E-state index contributed by atoms with van der Waals surface area (Å²) >= 11 is 10.9. The van der Waals surface area contributed by atoms with Crippen LogP contribution in [-0.2, 0) is 0 Å². The normalized spacial score (nSPS) is 11.8. The highest BCUT2D eigenvalue weighted by molar-refractivity contribution is 7.18. The van der Waals surface area contributed by atoms with Crippen LogP contribution >= 0.6 is 34.5 Å². The van der Waals surface area contributed by atoms with Gasteiger partial charge in [0.25, 0.3) is 5.78 Å². The summed E-state index contributed by atoms with van der Waals surface area (Å²) < 4.78 is 35.4. The van der Waals surface area contributed by atoms with Crippen molar-refractivity contribution >= 4 is 40.3 Å². The molecule has 0 amide bonds. The van der Waals surface area contributed by atoms with Crippen LogP contribution in [0.15, 0.2) is 0 Å². The quantitative estimate of drug-likeness (QED) is 0.716. The molecule has 1 rings (SSSR count). The summed E-state index contributed by atoms with van der Waals surface area (Å²) in [5.41, 5.74) is 0. The smallest absolute Gasteiger partial charge is 0.283 e. The molecule has 13 heavy (non-hydrogen) atoms. The van der Waals surface area contributed by atoms with Crippen LogP contribution in [0.4, 0.5) is 13.2 Å². The highest BCUT2D eigenvalue weighted by Crippen LogP contribution is 2.32. The molecule has 1 heterocycles. The van der Waals surface area contributed by atoms with Crippen molar-refractivity contribution in [2.75, 3.05) is 0 Å². The van der Waals surface area contributed by atoms with E-state index in [-0.39, 0.29) is 4.47 Å². The number of carbonyl (C=O) groups is 1. The fourth-order valence-corrected chi connectivity index (χ4v) is 1.88. The van der Waals surface area contributed by atoms with E-state index in [4.69, 9.17) is 23.2 Å². The number of alkyl halides is 3. The van der Waals surface area contributed by atoms with Gasteiger partial charge in [0, 0.05) is 0 Å². The molecular weight excluding hydrogens is 250 g/mol. The number of nitrogens with zero attached hydrogens (tertiary/aromatic N) is 1. The molecule has 0 spiro atoms. The molecule has 0 fully saturated rings. The van der Waals surface area contributed by atoms with Gasteiger partial charge >= 0.3 is 6.18 Å². The SMILES string of the molecule is O=C(c1sc(Cl)nc1Cl)C(F)(F)F. The largest absolute Gasteiger partial charge is 0.455 e. The number of hydrogen-bond donors (Lipinski definition) is 0. The number of aromatic nitrogens is 1. The van der Waals surface area contributed by atoms with Crippen LogP contribution in [-0.4, -0.2) is 16.9 Å². The lowest BCUT2D eigenvalue weighted by atomic mass is 10.3. The molecule has 8 heteroatoms. The summed E-state index contributed by atoms with van der Waals surface area (Å²) in [5.74, 6) is -2.03. The standard InChI is InChI=1S/C5Cl2F3NOS/c6-3-1(13-4(7)11-3)2(12)5(8,9)10. The van der Waals surface area contributed by atoms with E-state index in [0.717, 1.165) is 0 Å². The minimum absolute atomic E-state index is 0.197. The molecule has 72 valence electrons. The van der Waals surface area contributed by atoms with Crippen molar-refractivity contribution in [3.63, 3.8) is 0 Å². The van der Waals surface area contributed by atoms with Crippen molar-refractivity contribution in [2.24, 2.45) is 0 Å². The van der Waals surface area contributed by atoms with Crippen molar-refractivity contribution < 1.29 is 18.0 Å². The molecule has 0 bridgehead atoms. The fraction of sp³-hybridized carbons (Fsp3) is 0.200. The highest BCUT2D eigenvalue weighted by atomic mass is 35.5. The van der Waals surface area contributed by atoms with E-state index in [9.17, 15) is 18.0 Å². The summed E-state index contributed by atoms with van der Waals surface area (Å²) in [6.45, 7) is 0. The Labute approximate surface area is 84.3 Å². The van der Waals surface area contributed by atoms with E-state index in [1.807, 2.05) is 0 Å². The van der Waals surface area contributed by atoms with Crippen LogP contribution in [0.2, 0.25) is 9.62 Å². The van der Waals surface area contributed by atoms with Crippen molar-refractivity contribution in [1.29, 1.82) is 0 Å². The molecule has 0 aromatic carbocycles. The van der Waals surface area contributed by atoms with Crippen molar-refractivity contribution in [3.05, 3.63) is 14.5 Å². The molecule has 2 nitrogen and oxygen atoms in total. The first-order chi connectivity index (χ1) is 5.82. The molecule has 0 aliphatic heterocycles. The molecule has 0 aliphatic carbocycles. The molecule has 0 saturated heterocycles. The van der Waals surface area contributed by atoms with Gasteiger partial charge in [0.15, 0.2) is 9.62 Å². The van der Waals surface area contributed by atoms with Crippen LogP contribution in [0.25, 0.3) is 0 Å². The minimum Gasteiger partial charge on any atom is -0.283 e. The molecule has 0 radical (unpaired) electrons. The number of carbonyl (C=O) groups excluding carboxylic acids is 1. The highest BCUT2D eigenvalue weighted by Gasteiger charge is 2.41. The maximum Gasteiger partial charge on any atom is 0.455 e. The minimum atomic E-state index is -4.94. The second-order valence-electron chi connectivity index (χ2n) is 1.91. The van der Waals surface area contributed by atoms with Crippen LogP contribution < -0.4 is 0 Å². The van der Waals surface area contributed by atoms with Gasteiger partial charge in [0.05, 0.1) is 0 Å². The van der Waals surface area contributed by atoms with Gasteiger partial charge in [-0.3, -0.25) is 4.79 Å². The molecule has 0 unspecified atom stereocenters. The summed E-state index contributed by atoms with van der Waals surface area (Å²) in [6.07, 6.45) is -4.94. The lowest BCUT2D eigenvalue weighted by Gasteiger charge is -2.01. The van der Waals surface area contributed by atoms with E-state index in [2.05, 4.69) is 4.98 Å². The Bertz CT molecular complexity index is 348. The Hall–Kier alpha value is -0.330. The van der Waals surface area contributed by atoms with Gasteiger partial charge in [-0.05, 0) is 0 Å². The predicted octanol–water partition coefficient (Wildman–Crippen LogP) is 3.19. The summed E-state index contributed by atoms with van der Waals surface area (Å²) in [5, 5.41) is -0.516. The third kappa shape index (κ3) is 2.32. The van der Waals surface area contributed by atoms with Gasteiger partial charge in [-0.1, -0.05) is 34.5 Å². The average Bonchev–Trinajstić information content (AvgIpc) is 2.26. The zero-order valence-corrected chi connectivity index (χ0v) is 7.98. The Balaban J connectivity index is 3.09. The molecule has 1 aromatic heterocycles. The van der Waals surface area contributed by atoms with Crippen LogP contribution in [0.1, 0.15) is 9.67 Å². The molecule has 1 aromatic rings. The lowest BCUT2D eigenvalue weighted by molar-refractivity contribution is -0.0882. The van der Waals surface area contributed by atoms with Crippen molar-refractivity contribution in [1.82, 2.24) is 4.98 Å². The van der Waals surface area contributed by atoms with E-state index < -0.39 is 22.0 Å². The van der Waals surface area contributed by atoms with Gasteiger partial charge in [-0.25, -0.2) is 4.98 Å². The Morgan fingerprint density at radius 2 is 1.92 bits per heavy atom. The van der Waals surface area contributed by atoms with E-state index in [1.54, 1.807) is 0 Å². The second-order valence-corrected chi connectivity index (χ2v) is 3.85. The number of rotatable bonds is 1. The predicted molar refractivity (Wildman–Crippen MR) is 42.5 cm³/mol. The third-order valence-electron chi connectivity index (χ3n) is 1.02. The van der Waals surface area contributed by atoms with Gasteiger partial charge in [-0.2, -0.15) is 13.2 Å². The van der Waals surface area contributed by atoms with Crippen LogP contribution in [0, 0.1) is 0 Å². The van der Waals surface area contributed by atoms with Crippen molar-refractivity contribution in [3.8, 4) is 0 Å². The first-order valence-corrected chi connectivity index (χ1v) is 4.33. The number of Topliss-reactive ketones (excluding diaryl/α,β-unsaturated/α-hetero) is 1. The number of hydrogen-bond acceptors (Lipinski definition) is 3. The van der Waals surface area contributed by atoms with Gasteiger partial charge in [0.2, 0.25) is 0 Å². The summed E-state index contributed by atoms with van der Waals surface area (Å²) in [4.78, 5) is 13.2. The molecule has 0 atom stereocenters. The van der Waals surface area contributed by atoms with E-state index >= 15 is 0 Å². The maximum absolute atomic E-state index is 11.9. The third-order valence-corrected chi connectivity index (χ3v) is 2.57. The monoisotopic (exact) mass is 249 g/mol. The zero-order chi connectivity index (χ0) is 10.2. The summed E-state index contributed by atoms with van der Waals surface area (Å²) in [6, 6.07) is 0. The van der Waals surface area contributed by atoms with E-state index in [0.29, 0.717) is 11.3 Å². The summed E-state index contributed by atoms with van der Waals surface area (Å²) in [7, 11) is 0. The Morgan fingerprint density at radius 3 is 2.23 bits per heavy atom. The topological polar surface area (TPSA) is 30.0 Å². The first kappa shape index (κ1) is 10.7. The van der Waals surface area contributed by atoms with Gasteiger partial charge in [0.1, 0.15) is 4.88 Å². The molecule has 0 aliphatic rings. The lowest BCUT2D eigenvalue weighted by Crippen LogP contribution is -2.21. The molecular formula is C5Cl2F3NOS. The Morgan fingerprint density at radius 1 is 1.38 bits per heavy atom. The van der Waals surface area contributed by atoms with Crippen LogP contribution in [0.3, 0.4) is 0 Å². The van der Waals surface area contributed by atoms with Gasteiger partial charge in [-0.15, -0.1) is 0 Å². The fourth-order valence-electron chi connectivity index (χ4n) is 0.546. The average molecular weight is 250 g/mol. The number of halogens is 5. The number of ketones is 1.